The zero-order valence-corrected chi connectivity index (χ0v) is 14.5. The lowest BCUT2D eigenvalue weighted by Crippen LogP contribution is -2.36. The van der Waals surface area contributed by atoms with Crippen molar-refractivity contribution in [3.63, 3.8) is 0 Å². The minimum absolute atomic E-state index is 0.0190. The van der Waals surface area contributed by atoms with Crippen LogP contribution in [0.1, 0.15) is 43.0 Å². The van der Waals surface area contributed by atoms with E-state index in [1.807, 2.05) is 24.2 Å². The highest BCUT2D eigenvalue weighted by Crippen LogP contribution is 2.30. The van der Waals surface area contributed by atoms with Gasteiger partial charge in [0.15, 0.2) is 0 Å². The Hall–Kier alpha value is -1.88. The number of nitrogens with zero attached hydrogens (tertiary/aromatic N) is 3. The molecular weight excluding hydrogens is 329 g/mol. The molecule has 3 rings (SSSR count). The van der Waals surface area contributed by atoms with Gasteiger partial charge in [-0.25, -0.2) is 4.39 Å². The number of aromatic nitrogens is 2. The molecule has 2 heterocycles. The summed E-state index contributed by atoms with van der Waals surface area (Å²) in [5.74, 6) is -0.528. The number of hydrogen-bond donors (Lipinski definition) is 0. The highest BCUT2D eigenvalue weighted by Gasteiger charge is 2.29. The van der Waals surface area contributed by atoms with Crippen molar-refractivity contribution in [3.8, 4) is 0 Å². The maximum atomic E-state index is 14.0. The maximum Gasteiger partial charge on any atom is 0.227 e. The summed E-state index contributed by atoms with van der Waals surface area (Å²) < 4.78 is 15.8. The highest BCUT2D eigenvalue weighted by atomic mass is 35.5. The van der Waals surface area contributed by atoms with Crippen LogP contribution < -0.4 is 0 Å². The van der Waals surface area contributed by atoms with Crippen LogP contribution in [0.5, 0.6) is 0 Å². The largest absolute Gasteiger partial charge is 0.334 e. The number of likely N-dealkylation sites (tertiary alicyclic amines) is 1. The van der Waals surface area contributed by atoms with Gasteiger partial charge in [0.1, 0.15) is 5.82 Å². The highest BCUT2D eigenvalue weighted by molar-refractivity contribution is 6.31. The van der Waals surface area contributed by atoms with Crippen LogP contribution in [-0.2, 0) is 18.3 Å². The Labute approximate surface area is 146 Å². The van der Waals surface area contributed by atoms with Crippen molar-refractivity contribution in [2.75, 3.05) is 6.54 Å². The fourth-order valence-corrected chi connectivity index (χ4v) is 3.51. The average Bonchev–Trinajstić information content (AvgIpc) is 2.83. The first kappa shape index (κ1) is 17.0. The quantitative estimate of drug-likeness (QED) is 0.842. The second-order valence-corrected chi connectivity index (χ2v) is 6.65. The third-order valence-electron chi connectivity index (χ3n) is 4.54. The molecule has 1 aromatic carbocycles. The number of amides is 1. The Morgan fingerprint density at radius 1 is 1.33 bits per heavy atom. The van der Waals surface area contributed by atoms with E-state index in [-0.39, 0.29) is 23.9 Å². The van der Waals surface area contributed by atoms with Crippen molar-refractivity contribution in [1.82, 2.24) is 14.7 Å². The third kappa shape index (κ3) is 3.61. The van der Waals surface area contributed by atoms with Crippen molar-refractivity contribution < 1.29 is 9.18 Å². The predicted octanol–water partition coefficient (Wildman–Crippen LogP) is 3.90. The van der Waals surface area contributed by atoms with E-state index in [1.165, 1.54) is 6.07 Å². The van der Waals surface area contributed by atoms with Gasteiger partial charge < -0.3 is 4.90 Å². The molecule has 0 saturated carbocycles. The van der Waals surface area contributed by atoms with Crippen LogP contribution in [0.15, 0.2) is 30.5 Å². The molecule has 24 heavy (non-hydrogen) atoms. The molecule has 1 unspecified atom stereocenters. The van der Waals surface area contributed by atoms with E-state index >= 15 is 0 Å². The lowest BCUT2D eigenvalue weighted by molar-refractivity contribution is -0.133. The van der Waals surface area contributed by atoms with Gasteiger partial charge in [-0.3, -0.25) is 9.48 Å². The number of carbonyl (C=O) groups excluding carboxylic acids is 1. The topological polar surface area (TPSA) is 38.1 Å². The molecule has 2 aromatic rings. The summed E-state index contributed by atoms with van der Waals surface area (Å²) in [7, 11) is 1.87. The van der Waals surface area contributed by atoms with Crippen LogP contribution in [0.3, 0.4) is 0 Å². The van der Waals surface area contributed by atoms with Crippen molar-refractivity contribution >= 4 is 17.5 Å². The second-order valence-electron chi connectivity index (χ2n) is 6.24. The Balaban J connectivity index is 1.84. The van der Waals surface area contributed by atoms with E-state index in [9.17, 15) is 9.18 Å². The molecular formula is C18H21ClFN3O. The fourth-order valence-electron chi connectivity index (χ4n) is 3.28. The molecule has 0 spiro atoms. The Bertz CT molecular complexity index is 711. The standard InChI is InChI=1S/C18H21ClFN3O/c1-22-11-9-16(21-22)17-8-3-2-4-10-23(17)18(24)12-13-14(19)6-5-7-15(13)20/h5-7,9,11,17H,2-4,8,10,12H2,1H3. The molecule has 1 amide bonds. The Morgan fingerprint density at radius 2 is 2.17 bits per heavy atom. The predicted molar refractivity (Wildman–Crippen MR) is 91.2 cm³/mol. The van der Waals surface area contributed by atoms with Crippen molar-refractivity contribution in [2.45, 2.75) is 38.1 Å². The lowest BCUT2D eigenvalue weighted by Gasteiger charge is -2.29. The smallest absolute Gasteiger partial charge is 0.227 e. The number of hydrogen-bond acceptors (Lipinski definition) is 2. The molecule has 0 aliphatic carbocycles. The minimum atomic E-state index is -0.431. The molecule has 0 radical (unpaired) electrons. The summed E-state index contributed by atoms with van der Waals surface area (Å²) in [6, 6.07) is 6.41. The molecule has 6 heteroatoms. The van der Waals surface area contributed by atoms with Crippen LogP contribution in [-0.4, -0.2) is 27.1 Å². The summed E-state index contributed by atoms with van der Waals surface area (Å²) >= 11 is 6.08. The number of halogens is 2. The number of rotatable bonds is 3. The summed E-state index contributed by atoms with van der Waals surface area (Å²) in [5, 5.41) is 4.77. The van der Waals surface area contributed by atoms with Crippen LogP contribution in [0.25, 0.3) is 0 Å². The van der Waals surface area contributed by atoms with Gasteiger partial charge in [0.25, 0.3) is 0 Å². The lowest BCUT2D eigenvalue weighted by atomic mass is 10.1. The van der Waals surface area contributed by atoms with Gasteiger partial charge in [0.05, 0.1) is 18.2 Å². The van der Waals surface area contributed by atoms with E-state index in [4.69, 9.17) is 11.6 Å². The van der Waals surface area contributed by atoms with Gasteiger partial charge in [-0.2, -0.15) is 5.10 Å². The number of aryl methyl sites for hydroxylation is 1. The SMILES string of the molecule is Cn1ccc(C2CCCCCN2C(=O)Cc2c(F)cccc2Cl)n1. The van der Waals surface area contributed by atoms with Gasteiger partial charge in [-0.1, -0.05) is 30.5 Å². The normalized spacial score (nSPS) is 18.5. The fraction of sp³-hybridized carbons (Fsp3) is 0.444. The zero-order valence-electron chi connectivity index (χ0n) is 13.7. The summed E-state index contributed by atoms with van der Waals surface area (Å²) in [5.41, 5.74) is 1.17. The molecule has 1 aliphatic rings. The molecule has 0 bridgehead atoms. The van der Waals surface area contributed by atoms with Crippen LogP contribution in [0.4, 0.5) is 4.39 Å². The van der Waals surface area contributed by atoms with Crippen molar-refractivity contribution in [3.05, 3.63) is 52.6 Å². The van der Waals surface area contributed by atoms with Crippen LogP contribution in [0.2, 0.25) is 5.02 Å². The first-order chi connectivity index (χ1) is 11.6. The molecule has 4 nitrogen and oxygen atoms in total. The summed E-state index contributed by atoms with van der Waals surface area (Å²) in [4.78, 5) is 14.7. The van der Waals surface area contributed by atoms with Crippen molar-refractivity contribution in [2.24, 2.45) is 7.05 Å². The molecule has 1 fully saturated rings. The van der Waals surface area contributed by atoms with Gasteiger partial charge in [0, 0.05) is 30.4 Å². The summed E-state index contributed by atoms with van der Waals surface area (Å²) in [6.45, 7) is 0.673. The first-order valence-electron chi connectivity index (χ1n) is 8.28. The molecule has 1 aromatic heterocycles. The van der Waals surface area contributed by atoms with E-state index in [2.05, 4.69) is 5.10 Å². The summed E-state index contributed by atoms with van der Waals surface area (Å²) in [6.07, 6.45) is 5.86. The maximum absolute atomic E-state index is 14.0. The van der Waals surface area contributed by atoms with E-state index < -0.39 is 5.82 Å². The first-order valence-corrected chi connectivity index (χ1v) is 8.66. The van der Waals surface area contributed by atoms with Crippen molar-refractivity contribution in [1.29, 1.82) is 0 Å². The molecule has 1 saturated heterocycles. The van der Waals surface area contributed by atoms with Gasteiger partial charge in [-0.15, -0.1) is 0 Å². The van der Waals surface area contributed by atoms with E-state index in [1.54, 1.807) is 16.8 Å². The van der Waals surface area contributed by atoms with Gasteiger partial charge in [0.2, 0.25) is 5.91 Å². The number of benzene rings is 1. The average molecular weight is 350 g/mol. The molecule has 128 valence electrons. The third-order valence-corrected chi connectivity index (χ3v) is 4.89. The van der Waals surface area contributed by atoms with Crippen LogP contribution in [0, 0.1) is 5.82 Å². The van der Waals surface area contributed by atoms with E-state index in [0.717, 1.165) is 31.4 Å². The van der Waals surface area contributed by atoms with Gasteiger partial charge in [-0.05, 0) is 31.0 Å². The monoisotopic (exact) mass is 349 g/mol. The second kappa shape index (κ2) is 7.34. The zero-order chi connectivity index (χ0) is 17.1. The molecule has 1 atom stereocenters. The molecule has 1 aliphatic heterocycles. The Morgan fingerprint density at radius 3 is 2.88 bits per heavy atom. The van der Waals surface area contributed by atoms with E-state index in [0.29, 0.717) is 11.6 Å². The number of carbonyl (C=O) groups is 1. The minimum Gasteiger partial charge on any atom is -0.334 e. The van der Waals surface area contributed by atoms with Gasteiger partial charge >= 0.3 is 0 Å². The Kier molecular flexibility index (Phi) is 5.19. The molecule has 0 N–H and O–H groups in total. The van der Waals surface area contributed by atoms with Crippen LogP contribution >= 0.6 is 11.6 Å².